The van der Waals surface area contributed by atoms with E-state index in [1.165, 1.54) is 5.56 Å². The molecule has 1 saturated heterocycles. The summed E-state index contributed by atoms with van der Waals surface area (Å²) in [5.41, 5.74) is 4.26. The smallest absolute Gasteiger partial charge is 0.254 e. The minimum absolute atomic E-state index is 0.178. The van der Waals surface area contributed by atoms with Crippen LogP contribution in [0.3, 0.4) is 0 Å². The Morgan fingerprint density at radius 2 is 1.76 bits per heavy atom. The lowest BCUT2D eigenvalue weighted by molar-refractivity contribution is 0.0760. The molecule has 1 aromatic carbocycles. The Morgan fingerprint density at radius 1 is 1.10 bits per heavy atom. The minimum atomic E-state index is 0.178. The molecular weight excluding hydrogens is 284 g/mol. The van der Waals surface area contributed by atoms with Crippen molar-refractivity contribution in [1.29, 1.82) is 0 Å². The van der Waals surface area contributed by atoms with E-state index in [0.29, 0.717) is 5.88 Å². The predicted molar refractivity (Wildman–Crippen MR) is 88.3 cm³/mol. The predicted octanol–water partition coefficient (Wildman–Crippen LogP) is 3.00. The van der Waals surface area contributed by atoms with Crippen LogP contribution in [-0.4, -0.2) is 54.3 Å². The van der Waals surface area contributed by atoms with Crippen LogP contribution < -0.4 is 0 Å². The van der Waals surface area contributed by atoms with Gasteiger partial charge in [0.1, 0.15) is 0 Å². The molecule has 0 saturated carbocycles. The quantitative estimate of drug-likeness (QED) is 0.802. The summed E-state index contributed by atoms with van der Waals surface area (Å²) in [5, 5.41) is 0. The third kappa shape index (κ3) is 3.98. The molecule has 2 rings (SSSR count). The minimum Gasteiger partial charge on any atom is -0.337 e. The van der Waals surface area contributed by atoms with Gasteiger partial charge in [0.25, 0.3) is 5.91 Å². The Morgan fingerprint density at radius 3 is 2.38 bits per heavy atom. The third-order valence-electron chi connectivity index (χ3n) is 4.17. The number of hydrogen-bond acceptors (Lipinski definition) is 2. The van der Waals surface area contributed by atoms with E-state index in [1.807, 2.05) is 18.7 Å². The van der Waals surface area contributed by atoms with E-state index in [0.717, 1.165) is 55.8 Å². The van der Waals surface area contributed by atoms with Crippen LogP contribution in [0.1, 0.15) is 33.5 Å². The Bertz CT molecular complexity index is 493. The Balaban J connectivity index is 2.13. The lowest BCUT2D eigenvalue weighted by Gasteiger charge is -2.23. The molecule has 0 N–H and O–H groups in total. The summed E-state index contributed by atoms with van der Waals surface area (Å²) in [6.45, 7) is 10.6. The Labute approximate surface area is 132 Å². The molecule has 3 nitrogen and oxygen atoms in total. The zero-order valence-corrected chi connectivity index (χ0v) is 14.0. The molecule has 4 heteroatoms. The highest BCUT2D eigenvalue weighted by Gasteiger charge is 2.22. The average Bonchev–Trinajstić information content (AvgIpc) is 2.63. The summed E-state index contributed by atoms with van der Waals surface area (Å²) in [7, 11) is 0. The van der Waals surface area contributed by atoms with Gasteiger partial charge in [0.05, 0.1) is 0 Å². The van der Waals surface area contributed by atoms with Crippen molar-refractivity contribution in [1.82, 2.24) is 9.80 Å². The molecule has 1 heterocycles. The fourth-order valence-corrected chi connectivity index (χ4v) is 3.43. The van der Waals surface area contributed by atoms with Gasteiger partial charge in [-0.3, -0.25) is 4.79 Å². The molecule has 0 aromatic heterocycles. The largest absolute Gasteiger partial charge is 0.337 e. The molecule has 0 bridgehead atoms. The number of aryl methyl sites for hydroxylation is 3. The molecule has 1 amide bonds. The van der Waals surface area contributed by atoms with Crippen LogP contribution >= 0.6 is 11.6 Å². The summed E-state index contributed by atoms with van der Waals surface area (Å²) in [6, 6.07) is 4.19. The maximum atomic E-state index is 12.9. The fourth-order valence-electron chi connectivity index (χ4n) is 3.19. The van der Waals surface area contributed by atoms with Gasteiger partial charge in [-0.2, -0.15) is 0 Å². The molecule has 0 spiro atoms. The number of rotatable bonds is 3. The topological polar surface area (TPSA) is 23.6 Å². The summed E-state index contributed by atoms with van der Waals surface area (Å²) in [6.07, 6.45) is 1.02. The van der Waals surface area contributed by atoms with E-state index in [1.54, 1.807) is 0 Å². The van der Waals surface area contributed by atoms with Crippen LogP contribution in [0.4, 0.5) is 0 Å². The van der Waals surface area contributed by atoms with Gasteiger partial charge in [-0.05, 0) is 44.9 Å². The highest BCUT2D eigenvalue weighted by molar-refractivity contribution is 6.18. The first-order chi connectivity index (χ1) is 10.0. The number of alkyl halides is 1. The molecule has 1 aliphatic rings. The van der Waals surface area contributed by atoms with Gasteiger partial charge < -0.3 is 9.80 Å². The number of amides is 1. The van der Waals surface area contributed by atoms with Crippen LogP contribution in [0.2, 0.25) is 0 Å². The second kappa shape index (κ2) is 7.28. The highest BCUT2D eigenvalue weighted by Crippen LogP contribution is 2.19. The van der Waals surface area contributed by atoms with E-state index in [4.69, 9.17) is 11.6 Å². The molecule has 0 atom stereocenters. The SMILES string of the molecule is Cc1cc(C)c(C(=O)N2CCCN(CCCl)CC2)c(C)c1. The van der Waals surface area contributed by atoms with Gasteiger partial charge in [0.15, 0.2) is 0 Å². The maximum Gasteiger partial charge on any atom is 0.254 e. The zero-order chi connectivity index (χ0) is 15.4. The lowest BCUT2D eigenvalue weighted by atomic mass is 9.98. The fraction of sp³-hybridized carbons (Fsp3) is 0.588. The standard InChI is InChI=1S/C17H25ClN2O/c1-13-11-14(2)16(15(3)12-13)17(21)20-7-4-6-19(8-5-18)9-10-20/h11-12H,4-10H2,1-3H3. The highest BCUT2D eigenvalue weighted by atomic mass is 35.5. The number of hydrogen-bond donors (Lipinski definition) is 0. The average molecular weight is 309 g/mol. The lowest BCUT2D eigenvalue weighted by Crippen LogP contribution is -2.36. The summed E-state index contributed by atoms with van der Waals surface area (Å²) in [5.74, 6) is 0.835. The van der Waals surface area contributed by atoms with Gasteiger partial charge >= 0.3 is 0 Å². The molecular formula is C17H25ClN2O. The monoisotopic (exact) mass is 308 g/mol. The van der Waals surface area contributed by atoms with E-state index < -0.39 is 0 Å². The van der Waals surface area contributed by atoms with Crippen LogP contribution in [-0.2, 0) is 0 Å². The van der Waals surface area contributed by atoms with Crippen molar-refractivity contribution in [2.24, 2.45) is 0 Å². The van der Waals surface area contributed by atoms with E-state index >= 15 is 0 Å². The molecule has 116 valence electrons. The maximum absolute atomic E-state index is 12.9. The molecule has 0 unspecified atom stereocenters. The molecule has 1 fully saturated rings. The number of halogens is 1. The summed E-state index contributed by atoms with van der Waals surface area (Å²) < 4.78 is 0. The first kappa shape index (κ1) is 16.3. The molecule has 1 aliphatic heterocycles. The van der Waals surface area contributed by atoms with Crippen LogP contribution in [0.25, 0.3) is 0 Å². The van der Waals surface area contributed by atoms with E-state index in [9.17, 15) is 4.79 Å². The van der Waals surface area contributed by atoms with Crippen molar-refractivity contribution in [3.8, 4) is 0 Å². The molecule has 1 aromatic rings. The number of benzene rings is 1. The number of carbonyl (C=O) groups excluding carboxylic acids is 1. The molecule has 21 heavy (non-hydrogen) atoms. The van der Waals surface area contributed by atoms with Gasteiger partial charge in [-0.15, -0.1) is 11.6 Å². The third-order valence-corrected chi connectivity index (χ3v) is 4.34. The van der Waals surface area contributed by atoms with Crippen molar-refractivity contribution >= 4 is 17.5 Å². The van der Waals surface area contributed by atoms with Crippen molar-refractivity contribution in [3.63, 3.8) is 0 Å². The Hall–Kier alpha value is -1.06. The summed E-state index contributed by atoms with van der Waals surface area (Å²) >= 11 is 5.82. The van der Waals surface area contributed by atoms with Crippen LogP contribution in [0.15, 0.2) is 12.1 Å². The van der Waals surface area contributed by atoms with Gasteiger partial charge in [0.2, 0.25) is 0 Å². The van der Waals surface area contributed by atoms with Crippen molar-refractivity contribution in [2.45, 2.75) is 27.2 Å². The normalized spacial score (nSPS) is 16.9. The molecule has 0 aliphatic carbocycles. The van der Waals surface area contributed by atoms with Gasteiger partial charge in [-0.1, -0.05) is 17.7 Å². The first-order valence-electron chi connectivity index (χ1n) is 7.68. The second-order valence-electron chi connectivity index (χ2n) is 5.95. The first-order valence-corrected chi connectivity index (χ1v) is 8.22. The van der Waals surface area contributed by atoms with E-state index in [-0.39, 0.29) is 5.91 Å². The van der Waals surface area contributed by atoms with Crippen molar-refractivity contribution < 1.29 is 4.79 Å². The number of nitrogens with zero attached hydrogens (tertiary/aromatic N) is 2. The summed E-state index contributed by atoms with van der Waals surface area (Å²) in [4.78, 5) is 17.2. The second-order valence-corrected chi connectivity index (χ2v) is 6.33. The van der Waals surface area contributed by atoms with Gasteiger partial charge in [0, 0.05) is 37.6 Å². The van der Waals surface area contributed by atoms with Crippen molar-refractivity contribution in [2.75, 3.05) is 38.6 Å². The number of carbonyl (C=O) groups is 1. The van der Waals surface area contributed by atoms with Crippen molar-refractivity contribution in [3.05, 3.63) is 34.4 Å². The van der Waals surface area contributed by atoms with Crippen LogP contribution in [0.5, 0.6) is 0 Å². The molecule has 0 radical (unpaired) electrons. The van der Waals surface area contributed by atoms with E-state index in [2.05, 4.69) is 24.0 Å². The zero-order valence-electron chi connectivity index (χ0n) is 13.3. The van der Waals surface area contributed by atoms with Gasteiger partial charge in [-0.25, -0.2) is 0 Å². The Kier molecular flexibility index (Phi) is 5.65. The van der Waals surface area contributed by atoms with Crippen LogP contribution in [0, 0.1) is 20.8 Å².